The van der Waals surface area contributed by atoms with Crippen molar-refractivity contribution in [3.63, 3.8) is 0 Å². The lowest BCUT2D eigenvalue weighted by atomic mass is 10.2. The summed E-state index contributed by atoms with van der Waals surface area (Å²) in [6.45, 7) is 7.10. The molecule has 17 heavy (non-hydrogen) atoms. The van der Waals surface area contributed by atoms with Crippen LogP contribution in [0.25, 0.3) is 0 Å². The average Bonchev–Trinajstić information content (AvgIpc) is 2.25. The molecular formula is C13H19F2NO. The van der Waals surface area contributed by atoms with E-state index in [0.717, 1.165) is 6.54 Å². The van der Waals surface area contributed by atoms with Gasteiger partial charge in [-0.3, -0.25) is 0 Å². The summed E-state index contributed by atoms with van der Waals surface area (Å²) in [6.07, 6.45) is 0. The third-order valence-electron chi connectivity index (χ3n) is 2.31. The summed E-state index contributed by atoms with van der Waals surface area (Å²) in [5, 5.41) is 3.24. The normalized spacial score (nSPS) is 12.8. The third-order valence-corrected chi connectivity index (χ3v) is 2.31. The number of halogens is 2. The Hall–Kier alpha value is -1.16. The number of hydrogen-bond acceptors (Lipinski definition) is 2. The molecule has 1 unspecified atom stereocenters. The van der Waals surface area contributed by atoms with Crippen molar-refractivity contribution in [2.24, 2.45) is 5.92 Å². The van der Waals surface area contributed by atoms with E-state index in [2.05, 4.69) is 5.32 Å². The fourth-order valence-corrected chi connectivity index (χ4v) is 1.34. The van der Waals surface area contributed by atoms with Crippen molar-refractivity contribution < 1.29 is 13.5 Å². The molecular weight excluding hydrogens is 224 g/mol. The molecule has 1 aromatic rings. The van der Waals surface area contributed by atoms with Crippen LogP contribution >= 0.6 is 0 Å². The molecule has 0 saturated heterocycles. The summed E-state index contributed by atoms with van der Waals surface area (Å²) in [5.41, 5.74) is 0. The first-order valence-corrected chi connectivity index (χ1v) is 5.81. The largest absolute Gasteiger partial charge is 0.487 e. The molecule has 4 heteroatoms. The molecule has 1 aromatic carbocycles. The van der Waals surface area contributed by atoms with Crippen LogP contribution in [0.3, 0.4) is 0 Å². The van der Waals surface area contributed by atoms with Crippen LogP contribution in [0.4, 0.5) is 8.78 Å². The van der Waals surface area contributed by atoms with Crippen molar-refractivity contribution in [1.29, 1.82) is 0 Å². The molecule has 1 N–H and O–H groups in total. The van der Waals surface area contributed by atoms with E-state index in [1.54, 1.807) is 0 Å². The summed E-state index contributed by atoms with van der Waals surface area (Å²) >= 11 is 0. The first kappa shape index (κ1) is 13.9. The van der Waals surface area contributed by atoms with Crippen LogP contribution in [0.2, 0.25) is 0 Å². The van der Waals surface area contributed by atoms with E-state index in [1.807, 2.05) is 20.8 Å². The summed E-state index contributed by atoms with van der Waals surface area (Å²) < 4.78 is 31.6. The Balaban J connectivity index is 2.44. The van der Waals surface area contributed by atoms with Crippen molar-refractivity contribution in [3.8, 4) is 5.75 Å². The van der Waals surface area contributed by atoms with E-state index >= 15 is 0 Å². The Morgan fingerprint density at radius 1 is 1.18 bits per heavy atom. The molecule has 0 fully saturated rings. The zero-order chi connectivity index (χ0) is 12.8. The number of rotatable bonds is 6. The fraction of sp³-hybridized carbons (Fsp3) is 0.538. The molecule has 1 rings (SSSR count). The minimum Gasteiger partial charge on any atom is -0.487 e. The van der Waals surface area contributed by atoms with E-state index in [1.165, 1.54) is 18.2 Å². The summed E-state index contributed by atoms with van der Waals surface area (Å²) in [5.74, 6) is -1.41. The van der Waals surface area contributed by atoms with E-state index in [0.29, 0.717) is 6.04 Å². The predicted molar refractivity (Wildman–Crippen MR) is 64.2 cm³/mol. The molecule has 0 aliphatic carbocycles. The number of benzene rings is 1. The van der Waals surface area contributed by atoms with Gasteiger partial charge in [0.1, 0.15) is 0 Å². The zero-order valence-corrected chi connectivity index (χ0v) is 10.5. The van der Waals surface area contributed by atoms with Crippen molar-refractivity contribution in [2.45, 2.75) is 26.8 Å². The minimum absolute atomic E-state index is 0.191. The highest BCUT2D eigenvalue weighted by Gasteiger charge is 2.11. The SMILES string of the molecule is CC(CNC(C)C)COc1c(F)cccc1F. The van der Waals surface area contributed by atoms with Gasteiger partial charge in [0.2, 0.25) is 0 Å². The molecule has 0 spiro atoms. The maximum atomic E-state index is 13.2. The van der Waals surface area contributed by atoms with Gasteiger partial charge in [-0.2, -0.15) is 0 Å². The number of nitrogens with one attached hydrogen (secondary N) is 1. The third kappa shape index (κ3) is 4.69. The standard InChI is InChI=1S/C13H19F2NO/c1-9(2)16-7-10(3)8-17-13-11(14)5-4-6-12(13)15/h4-6,9-10,16H,7-8H2,1-3H3. The lowest BCUT2D eigenvalue weighted by molar-refractivity contribution is 0.233. The highest BCUT2D eigenvalue weighted by Crippen LogP contribution is 2.21. The molecule has 0 aliphatic rings. The van der Waals surface area contributed by atoms with Gasteiger partial charge in [0.15, 0.2) is 17.4 Å². The molecule has 0 saturated carbocycles. The second kappa shape index (κ2) is 6.55. The van der Waals surface area contributed by atoms with Crippen LogP contribution in [0.15, 0.2) is 18.2 Å². The topological polar surface area (TPSA) is 21.3 Å². The lowest BCUT2D eigenvalue weighted by Crippen LogP contribution is -2.30. The number of para-hydroxylation sites is 1. The Labute approximate surface area is 101 Å². The van der Waals surface area contributed by atoms with Gasteiger partial charge in [0.05, 0.1) is 6.61 Å². The van der Waals surface area contributed by atoms with Gasteiger partial charge in [-0.25, -0.2) is 8.78 Å². The summed E-state index contributed by atoms with van der Waals surface area (Å²) in [6, 6.07) is 4.09. The molecule has 0 heterocycles. The van der Waals surface area contributed by atoms with Gasteiger partial charge in [-0.1, -0.05) is 26.8 Å². The maximum absolute atomic E-state index is 13.2. The Morgan fingerprint density at radius 3 is 2.29 bits per heavy atom. The van der Waals surface area contributed by atoms with Crippen LogP contribution < -0.4 is 10.1 Å². The van der Waals surface area contributed by atoms with Gasteiger partial charge in [-0.05, 0) is 12.1 Å². The highest BCUT2D eigenvalue weighted by atomic mass is 19.1. The van der Waals surface area contributed by atoms with Crippen LogP contribution in [-0.2, 0) is 0 Å². The van der Waals surface area contributed by atoms with E-state index in [4.69, 9.17) is 4.74 Å². The first-order chi connectivity index (χ1) is 8.00. The molecule has 0 bridgehead atoms. The van der Waals surface area contributed by atoms with E-state index in [9.17, 15) is 8.78 Å². The van der Waals surface area contributed by atoms with Crippen LogP contribution in [0, 0.1) is 17.6 Å². The number of hydrogen-bond donors (Lipinski definition) is 1. The monoisotopic (exact) mass is 243 g/mol. The van der Waals surface area contributed by atoms with Gasteiger partial charge in [0.25, 0.3) is 0 Å². The minimum atomic E-state index is -0.658. The second-order valence-corrected chi connectivity index (χ2v) is 4.53. The predicted octanol–water partition coefficient (Wildman–Crippen LogP) is 2.98. The number of ether oxygens (including phenoxy) is 1. The smallest absolute Gasteiger partial charge is 0.190 e. The van der Waals surface area contributed by atoms with Gasteiger partial charge < -0.3 is 10.1 Å². The molecule has 0 amide bonds. The van der Waals surface area contributed by atoms with Crippen molar-refractivity contribution in [1.82, 2.24) is 5.32 Å². The molecule has 0 aliphatic heterocycles. The Morgan fingerprint density at radius 2 is 1.76 bits per heavy atom. The maximum Gasteiger partial charge on any atom is 0.190 e. The quantitative estimate of drug-likeness (QED) is 0.829. The highest BCUT2D eigenvalue weighted by molar-refractivity contribution is 5.25. The molecule has 96 valence electrons. The summed E-state index contributed by atoms with van der Waals surface area (Å²) in [4.78, 5) is 0. The van der Waals surface area contributed by atoms with Gasteiger partial charge in [-0.15, -0.1) is 0 Å². The van der Waals surface area contributed by atoms with Crippen molar-refractivity contribution in [3.05, 3.63) is 29.8 Å². The van der Waals surface area contributed by atoms with E-state index < -0.39 is 11.6 Å². The van der Waals surface area contributed by atoms with Crippen LogP contribution in [0.5, 0.6) is 5.75 Å². The molecule has 0 aromatic heterocycles. The van der Waals surface area contributed by atoms with Gasteiger partial charge >= 0.3 is 0 Å². The van der Waals surface area contributed by atoms with Crippen LogP contribution in [-0.4, -0.2) is 19.2 Å². The molecule has 0 radical (unpaired) electrons. The fourth-order valence-electron chi connectivity index (χ4n) is 1.34. The second-order valence-electron chi connectivity index (χ2n) is 4.53. The van der Waals surface area contributed by atoms with Gasteiger partial charge in [0, 0.05) is 18.5 Å². The summed E-state index contributed by atoms with van der Waals surface area (Å²) in [7, 11) is 0. The average molecular weight is 243 g/mol. The molecule has 1 atom stereocenters. The van der Waals surface area contributed by atoms with Crippen molar-refractivity contribution in [2.75, 3.05) is 13.2 Å². The van der Waals surface area contributed by atoms with Crippen molar-refractivity contribution >= 4 is 0 Å². The lowest BCUT2D eigenvalue weighted by Gasteiger charge is -2.16. The zero-order valence-electron chi connectivity index (χ0n) is 10.5. The molecule has 2 nitrogen and oxygen atoms in total. The van der Waals surface area contributed by atoms with Crippen LogP contribution in [0.1, 0.15) is 20.8 Å². The first-order valence-electron chi connectivity index (χ1n) is 5.81. The Bertz CT molecular complexity index is 335. The van der Waals surface area contributed by atoms with E-state index in [-0.39, 0.29) is 18.3 Å². The Kier molecular flexibility index (Phi) is 5.35.